The zero-order valence-electron chi connectivity index (χ0n) is 17.5. The van der Waals surface area contributed by atoms with E-state index in [1.54, 1.807) is 12.4 Å². The molecule has 166 valence electrons. The van der Waals surface area contributed by atoms with Gasteiger partial charge in [-0.2, -0.15) is 4.98 Å². The third kappa shape index (κ3) is 4.01. The summed E-state index contributed by atoms with van der Waals surface area (Å²) in [4.78, 5) is 45.5. The summed E-state index contributed by atoms with van der Waals surface area (Å²) < 4.78 is 0. The maximum Gasteiger partial charge on any atom is 0.352 e. The van der Waals surface area contributed by atoms with Crippen LogP contribution in [0.3, 0.4) is 0 Å². The molecule has 0 bridgehead atoms. The van der Waals surface area contributed by atoms with Gasteiger partial charge in [0.15, 0.2) is 0 Å². The summed E-state index contributed by atoms with van der Waals surface area (Å²) in [7, 11) is 0. The second-order valence-corrected chi connectivity index (χ2v) is 7.96. The first kappa shape index (κ1) is 20.0. The minimum Gasteiger partial charge on any atom is -0.477 e. The number of nitrogens with zero attached hydrogens (tertiary/aromatic N) is 6. The van der Waals surface area contributed by atoms with Crippen LogP contribution in [0, 0.1) is 0 Å². The number of likely N-dealkylation sites (tertiary alicyclic amines) is 1. The number of urea groups is 1. The predicted octanol–water partition coefficient (Wildman–Crippen LogP) is 2.13. The number of piperazine rings is 1. The number of hydrogen-bond donors (Lipinski definition) is 3. The summed E-state index contributed by atoms with van der Waals surface area (Å²) in [6.45, 7) is 4.70. The topological polar surface area (TPSA) is 131 Å². The van der Waals surface area contributed by atoms with Gasteiger partial charge < -0.3 is 30.1 Å². The lowest BCUT2D eigenvalue weighted by Gasteiger charge is -2.37. The summed E-state index contributed by atoms with van der Waals surface area (Å²) in [5.74, 6) is -0.137. The number of carbonyl (C=O) groups excluding carboxylic acids is 1. The molecular formula is C21H24N8O3. The molecule has 2 aliphatic heterocycles. The molecule has 2 saturated heterocycles. The number of hydrogen-bond acceptors (Lipinski definition) is 7. The van der Waals surface area contributed by atoms with E-state index in [2.05, 4.69) is 30.2 Å². The van der Waals surface area contributed by atoms with Crippen LogP contribution in [0.15, 0.2) is 30.6 Å². The van der Waals surface area contributed by atoms with Crippen molar-refractivity contribution in [1.82, 2.24) is 29.7 Å². The van der Waals surface area contributed by atoms with Crippen molar-refractivity contribution >= 4 is 40.5 Å². The van der Waals surface area contributed by atoms with E-state index in [1.807, 2.05) is 21.9 Å². The average Bonchev–Trinajstić information content (AvgIpc) is 3.49. The fraction of sp³-hybridized carbons (Fsp3) is 0.381. The van der Waals surface area contributed by atoms with Crippen LogP contribution in [0.2, 0.25) is 0 Å². The normalized spacial score (nSPS) is 16.6. The van der Waals surface area contributed by atoms with Crippen LogP contribution in [0.5, 0.6) is 0 Å². The molecule has 0 spiro atoms. The molecule has 0 unspecified atom stereocenters. The first-order chi connectivity index (χ1) is 15.6. The number of rotatable bonds is 4. The molecule has 5 heterocycles. The van der Waals surface area contributed by atoms with Gasteiger partial charge in [-0.05, 0) is 31.0 Å². The second-order valence-electron chi connectivity index (χ2n) is 7.96. The quantitative estimate of drug-likeness (QED) is 0.567. The van der Waals surface area contributed by atoms with Crippen molar-refractivity contribution in [3.8, 4) is 0 Å². The number of H-pyrrole nitrogens is 1. The van der Waals surface area contributed by atoms with Crippen LogP contribution < -0.4 is 10.2 Å². The number of fused-ring (bicyclic) bond motifs is 1. The molecule has 11 nitrogen and oxygen atoms in total. The first-order valence-corrected chi connectivity index (χ1v) is 10.7. The van der Waals surface area contributed by atoms with Crippen LogP contribution in [0.25, 0.3) is 11.0 Å². The number of nitrogens with one attached hydrogen (secondary N) is 2. The number of anilines is 3. The van der Waals surface area contributed by atoms with Crippen LogP contribution in [-0.2, 0) is 0 Å². The van der Waals surface area contributed by atoms with Crippen LogP contribution in [-0.4, -0.2) is 86.1 Å². The standard InChI is InChI=1S/C21H24N8O3/c30-19(31)16-11-14-12-23-20(26-18(14)24-16)25-17-4-3-15(13-22-17)27-7-9-29(10-8-27)21(32)28-5-1-2-6-28/h3-4,11-13H,1-2,5-10H2,(H,30,31)(H2,22,23,24,25,26). The summed E-state index contributed by atoms with van der Waals surface area (Å²) >= 11 is 0. The third-order valence-corrected chi connectivity index (χ3v) is 5.88. The Morgan fingerprint density at radius 1 is 0.969 bits per heavy atom. The van der Waals surface area contributed by atoms with E-state index in [1.165, 1.54) is 6.07 Å². The summed E-state index contributed by atoms with van der Waals surface area (Å²) in [5, 5.41) is 12.7. The summed E-state index contributed by atoms with van der Waals surface area (Å²) in [5.41, 5.74) is 1.50. The van der Waals surface area contributed by atoms with Gasteiger partial charge in [-0.3, -0.25) is 0 Å². The van der Waals surface area contributed by atoms with E-state index in [0.29, 0.717) is 35.9 Å². The van der Waals surface area contributed by atoms with E-state index in [9.17, 15) is 9.59 Å². The van der Waals surface area contributed by atoms with E-state index >= 15 is 0 Å². The van der Waals surface area contributed by atoms with Crippen LogP contribution in [0.4, 0.5) is 22.2 Å². The molecule has 2 fully saturated rings. The first-order valence-electron chi connectivity index (χ1n) is 10.7. The number of aromatic amines is 1. The molecule has 32 heavy (non-hydrogen) atoms. The molecule has 0 atom stereocenters. The van der Waals surface area contributed by atoms with Gasteiger partial charge in [0.05, 0.1) is 11.9 Å². The minimum absolute atomic E-state index is 0.0659. The number of amides is 2. The van der Waals surface area contributed by atoms with Gasteiger partial charge in [-0.25, -0.2) is 19.6 Å². The van der Waals surface area contributed by atoms with Gasteiger partial charge in [0, 0.05) is 50.9 Å². The highest BCUT2D eigenvalue weighted by Crippen LogP contribution is 2.21. The van der Waals surface area contributed by atoms with Gasteiger partial charge in [0.2, 0.25) is 5.95 Å². The lowest BCUT2D eigenvalue weighted by atomic mass is 10.3. The van der Waals surface area contributed by atoms with Gasteiger partial charge >= 0.3 is 12.0 Å². The van der Waals surface area contributed by atoms with Crippen molar-refractivity contribution in [2.24, 2.45) is 0 Å². The minimum atomic E-state index is -1.05. The predicted molar refractivity (Wildman–Crippen MR) is 118 cm³/mol. The highest BCUT2D eigenvalue weighted by Gasteiger charge is 2.27. The van der Waals surface area contributed by atoms with Crippen molar-refractivity contribution in [2.75, 3.05) is 49.5 Å². The Kier molecular flexibility index (Phi) is 5.21. The van der Waals surface area contributed by atoms with E-state index in [0.717, 1.165) is 44.7 Å². The Hall–Kier alpha value is -3.89. The van der Waals surface area contributed by atoms with E-state index in [-0.39, 0.29) is 11.7 Å². The number of carboxylic acid groups (broad SMARTS) is 1. The second kappa shape index (κ2) is 8.33. The Bertz CT molecular complexity index is 1130. The number of pyridine rings is 1. The molecule has 3 aromatic heterocycles. The monoisotopic (exact) mass is 436 g/mol. The molecule has 5 rings (SSSR count). The van der Waals surface area contributed by atoms with Crippen molar-refractivity contribution in [3.05, 3.63) is 36.3 Å². The zero-order chi connectivity index (χ0) is 22.1. The SMILES string of the molecule is O=C(O)c1cc2cnc(Nc3ccc(N4CCN(C(=O)N5CCCC5)CC4)cn3)nc2[nH]1. The maximum atomic E-state index is 12.5. The van der Waals surface area contributed by atoms with Gasteiger partial charge in [0.25, 0.3) is 0 Å². The van der Waals surface area contributed by atoms with Crippen molar-refractivity contribution < 1.29 is 14.7 Å². The Balaban J connectivity index is 1.20. The van der Waals surface area contributed by atoms with Crippen molar-refractivity contribution in [1.29, 1.82) is 0 Å². The molecule has 2 aliphatic rings. The molecule has 0 radical (unpaired) electrons. The molecule has 0 aromatic carbocycles. The number of aromatic nitrogens is 4. The molecular weight excluding hydrogens is 412 g/mol. The van der Waals surface area contributed by atoms with Crippen molar-refractivity contribution in [3.63, 3.8) is 0 Å². The van der Waals surface area contributed by atoms with E-state index < -0.39 is 5.97 Å². The lowest BCUT2D eigenvalue weighted by molar-refractivity contribution is 0.0691. The third-order valence-electron chi connectivity index (χ3n) is 5.88. The smallest absolute Gasteiger partial charge is 0.352 e. The number of carboxylic acids is 1. The molecule has 3 aromatic rings. The van der Waals surface area contributed by atoms with Gasteiger partial charge in [-0.15, -0.1) is 0 Å². The highest BCUT2D eigenvalue weighted by molar-refractivity contribution is 5.92. The highest BCUT2D eigenvalue weighted by atomic mass is 16.4. The molecule has 0 saturated carbocycles. The van der Waals surface area contributed by atoms with Crippen LogP contribution in [0.1, 0.15) is 23.3 Å². The molecule has 11 heteroatoms. The Labute approximate surface area is 184 Å². The van der Waals surface area contributed by atoms with Gasteiger partial charge in [0.1, 0.15) is 17.2 Å². The fourth-order valence-corrected chi connectivity index (χ4v) is 4.12. The lowest BCUT2D eigenvalue weighted by Crippen LogP contribution is -2.52. The van der Waals surface area contributed by atoms with Gasteiger partial charge in [-0.1, -0.05) is 0 Å². The molecule has 0 aliphatic carbocycles. The number of aromatic carboxylic acids is 1. The number of carbonyl (C=O) groups is 2. The molecule has 2 amide bonds. The average molecular weight is 436 g/mol. The van der Waals surface area contributed by atoms with E-state index in [4.69, 9.17) is 5.11 Å². The largest absolute Gasteiger partial charge is 0.477 e. The Morgan fingerprint density at radius 2 is 1.72 bits per heavy atom. The molecule has 3 N–H and O–H groups in total. The van der Waals surface area contributed by atoms with Crippen LogP contribution >= 0.6 is 0 Å². The summed E-state index contributed by atoms with van der Waals surface area (Å²) in [6, 6.07) is 5.48. The maximum absolute atomic E-state index is 12.5. The zero-order valence-corrected chi connectivity index (χ0v) is 17.5. The summed E-state index contributed by atoms with van der Waals surface area (Å²) in [6.07, 6.45) is 5.55. The Morgan fingerprint density at radius 3 is 2.41 bits per heavy atom. The fourth-order valence-electron chi connectivity index (χ4n) is 4.12. The van der Waals surface area contributed by atoms with Crippen molar-refractivity contribution in [2.45, 2.75) is 12.8 Å².